The van der Waals surface area contributed by atoms with Gasteiger partial charge in [-0.2, -0.15) is 0 Å². The Morgan fingerprint density at radius 1 is 1.13 bits per heavy atom. The van der Waals surface area contributed by atoms with Crippen LogP contribution in [0.1, 0.15) is 43.2 Å². The summed E-state index contributed by atoms with van der Waals surface area (Å²) >= 11 is 5.72. The maximum Gasteiger partial charge on any atom is 0.229 e. The molecular formula is C22H25N5O2S2. The maximum atomic E-state index is 11.5. The van der Waals surface area contributed by atoms with Gasteiger partial charge in [-0.15, -0.1) is 0 Å². The van der Waals surface area contributed by atoms with Crippen LogP contribution in [-0.4, -0.2) is 29.3 Å². The van der Waals surface area contributed by atoms with E-state index in [-0.39, 0.29) is 12.1 Å². The summed E-state index contributed by atoms with van der Waals surface area (Å²) in [5.74, 6) is 0. The van der Waals surface area contributed by atoms with Gasteiger partial charge in [0.15, 0.2) is 5.11 Å². The molecule has 0 spiro atoms. The second-order valence-corrected chi connectivity index (χ2v) is 10.0. The standard InChI is InChI=1S/C22H25N5O2S2/c1-15(2)26-13-11-16(14-26)21-20(19-6-4-5-12-23-19)24-22(30)27(21)18-9-7-17(8-10-18)25-31(3,28)29/h4-15,20-21,25H,1-3H3,(H,24,30)/t20-,21+/m0/s1. The van der Waals surface area contributed by atoms with Crippen LogP contribution in [0, 0.1) is 0 Å². The zero-order valence-electron chi connectivity index (χ0n) is 17.6. The molecule has 1 saturated heterocycles. The summed E-state index contributed by atoms with van der Waals surface area (Å²) < 4.78 is 27.7. The van der Waals surface area contributed by atoms with E-state index < -0.39 is 10.0 Å². The molecule has 3 aromatic rings. The number of nitrogens with one attached hydrogen (secondary N) is 2. The molecule has 162 valence electrons. The van der Waals surface area contributed by atoms with Crippen LogP contribution in [0.4, 0.5) is 11.4 Å². The van der Waals surface area contributed by atoms with E-state index >= 15 is 0 Å². The average Bonchev–Trinajstić information content (AvgIpc) is 3.33. The lowest BCUT2D eigenvalue weighted by molar-refractivity contribution is 0.560. The van der Waals surface area contributed by atoms with Crippen molar-refractivity contribution in [2.45, 2.75) is 32.0 Å². The van der Waals surface area contributed by atoms with Gasteiger partial charge in [-0.05, 0) is 74.1 Å². The van der Waals surface area contributed by atoms with Gasteiger partial charge in [0, 0.05) is 36.0 Å². The maximum absolute atomic E-state index is 11.5. The lowest BCUT2D eigenvalue weighted by Gasteiger charge is -2.27. The summed E-state index contributed by atoms with van der Waals surface area (Å²) in [6.45, 7) is 4.28. The van der Waals surface area contributed by atoms with Crippen LogP contribution >= 0.6 is 12.2 Å². The molecule has 1 fully saturated rings. The Labute approximate surface area is 188 Å². The number of rotatable bonds is 6. The van der Waals surface area contributed by atoms with Crippen LogP contribution in [0.5, 0.6) is 0 Å². The first-order chi connectivity index (χ1) is 14.7. The number of anilines is 2. The molecule has 1 aromatic carbocycles. The molecule has 4 rings (SSSR count). The Balaban J connectivity index is 1.74. The molecule has 0 amide bonds. The topological polar surface area (TPSA) is 79.3 Å². The number of benzene rings is 1. The largest absolute Gasteiger partial charge is 0.351 e. The fourth-order valence-electron chi connectivity index (χ4n) is 3.80. The smallest absolute Gasteiger partial charge is 0.229 e. The molecule has 0 radical (unpaired) electrons. The Bertz CT molecular complexity index is 1170. The molecule has 0 unspecified atom stereocenters. The highest BCUT2D eigenvalue weighted by Gasteiger charge is 2.41. The Morgan fingerprint density at radius 2 is 1.87 bits per heavy atom. The lowest BCUT2D eigenvalue weighted by atomic mass is 9.98. The summed E-state index contributed by atoms with van der Waals surface area (Å²) in [4.78, 5) is 6.63. The fraction of sp³-hybridized carbons (Fsp3) is 0.273. The van der Waals surface area contributed by atoms with E-state index in [1.165, 1.54) is 0 Å². The van der Waals surface area contributed by atoms with Gasteiger partial charge in [0.1, 0.15) is 0 Å². The number of pyridine rings is 1. The summed E-state index contributed by atoms with van der Waals surface area (Å²) in [5, 5.41) is 4.03. The minimum absolute atomic E-state index is 0.101. The molecule has 3 heterocycles. The van der Waals surface area contributed by atoms with Crippen molar-refractivity contribution < 1.29 is 8.42 Å². The first-order valence-corrected chi connectivity index (χ1v) is 12.3. The quantitative estimate of drug-likeness (QED) is 0.547. The molecule has 2 atom stereocenters. The average molecular weight is 456 g/mol. The van der Waals surface area contributed by atoms with Gasteiger partial charge >= 0.3 is 0 Å². The molecule has 2 aromatic heterocycles. The van der Waals surface area contributed by atoms with Gasteiger partial charge < -0.3 is 14.8 Å². The second-order valence-electron chi connectivity index (χ2n) is 7.90. The van der Waals surface area contributed by atoms with E-state index in [1.54, 1.807) is 18.3 Å². The number of thiocarbonyl (C=S) groups is 1. The molecule has 1 aliphatic rings. The molecule has 2 N–H and O–H groups in total. The van der Waals surface area contributed by atoms with Crippen molar-refractivity contribution >= 4 is 38.7 Å². The fourth-order valence-corrected chi connectivity index (χ4v) is 4.71. The zero-order chi connectivity index (χ0) is 22.2. The molecular weight excluding hydrogens is 430 g/mol. The highest BCUT2D eigenvalue weighted by atomic mass is 32.2. The Morgan fingerprint density at radius 3 is 2.45 bits per heavy atom. The minimum atomic E-state index is -3.34. The van der Waals surface area contributed by atoms with Gasteiger partial charge in [0.25, 0.3) is 0 Å². The number of hydrogen-bond donors (Lipinski definition) is 2. The van der Waals surface area contributed by atoms with Crippen LogP contribution in [0.25, 0.3) is 0 Å². The van der Waals surface area contributed by atoms with Gasteiger partial charge in [0.05, 0.1) is 24.0 Å². The normalized spacial score (nSPS) is 19.0. The summed E-state index contributed by atoms with van der Waals surface area (Å²) in [5.41, 5.74) is 3.41. The molecule has 1 aliphatic heterocycles. The monoisotopic (exact) mass is 455 g/mol. The molecule has 31 heavy (non-hydrogen) atoms. The second kappa shape index (κ2) is 8.32. The molecule has 0 saturated carbocycles. The van der Waals surface area contributed by atoms with E-state index in [1.807, 2.05) is 30.3 Å². The first kappa shape index (κ1) is 21.3. The number of aromatic nitrogens is 2. The number of nitrogens with zero attached hydrogens (tertiary/aromatic N) is 3. The highest BCUT2D eigenvalue weighted by Crippen LogP contribution is 2.42. The minimum Gasteiger partial charge on any atom is -0.351 e. The summed E-state index contributed by atoms with van der Waals surface area (Å²) in [7, 11) is -3.34. The van der Waals surface area contributed by atoms with Crippen molar-refractivity contribution in [2.24, 2.45) is 0 Å². The van der Waals surface area contributed by atoms with E-state index in [2.05, 4.69) is 56.8 Å². The van der Waals surface area contributed by atoms with Gasteiger partial charge in [0.2, 0.25) is 10.0 Å². The van der Waals surface area contributed by atoms with Crippen molar-refractivity contribution in [3.8, 4) is 0 Å². The van der Waals surface area contributed by atoms with Gasteiger partial charge in [-0.25, -0.2) is 8.42 Å². The van der Waals surface area contributed by atoms with Gasteiger partial charge in [-0.3, -0.25) is 9.71 Å². The van der Waals surface area contributed by atoms with Crippen LogP contribution < -0.4 is 14.9 Å². The van der Waals surface area contributed by atoms with Crippen molar-refractivity contribution in [3.05, 3.63) is 78.4 Å². The van der Waals surface area contributed by atoms with Crippen LogP contribution in [-0.2, 0) is 10.0 Å². The lowest BCUT2D eigenvalue weighted by Crippen LogP contribution is -2.29. The van der Waals surface area contributed by atoms with Crippen molar-refractivity contribution in [1.29, 1.82) is 0 Å². The van der Waals surface area contributed by atoms with E-state index in [9.17, 15) is 8.42 Å². The zero-order valence-corrected chi connectivity index (χ0v) is 19.2. The van der Waals surface area contributed by atoms with Crippen LogP contribution in [0.3, 0.4) is 0 Å². The summed E-state index contributed by atoms with van der Waals surface area (Å²) in [6, 6.07) is 15.3. The third-order valence-electron chi connectivity index (χ3n) is 5.22. The SMILES string of the molecule is CC(C)n1ccc([C@@H]2[C@H](c3ccccn3)NC(=S)N2c2ccc(NS(C)(=O)=O)cc2)c1. The number of sulfonamides is 1. The van der Waals surface area contributed by atoms with Crippen LogP contribution in [0.15, 0.2) is 67.1 Å². The molecule has 9 heteroatoms. The predicted octanol–water partition coefficient (Wildman–Crippen LogP) is 4.01. The molecule has 7 nitrogen and oxygen atoms in total. The predicted molar refractivity (Wildman–Crippen MR) is 128 cm³/mol. The third kappa shape index (κ3) is 4.57. The molecule has 0 aliphatic carbocycles. The van der Waals surface area contributed by atoms with Crippen molar-refractivity contribution in [3.63, 3.8) is 0 Å². The van der Waals surface area contributed by atoms with Crippen molar-refractivity contribution in [2.75, 3.05) is 15.9 Å². The van der Waals surface area contributed by atoms with Gasteiger partial charge in [-0.1, -0.05) is 6.07 Å². The Kier molecular flexibility index (Phi) is 5.72. The summed E-state index contributed by atoms with van der Waals surface area (Å²) in [6.07, 6.45) is 7.14. The highest BCUT2D eigenvalue weighted by molar-refractivity contribution is 7.92. The number of hydrogen-bond acceptors (Lipinski definition) is 4. The van der Waals surface area contributed by atoms with E-state index in [4.69, 9.17) is 12.2 Å². The van der Waals surface area contributed by atoms with E-state index in [0.717, 1.165) is 23.2 Å². The third-order valence-corrected chi connectivity index (χ3v) is 6.14. The first-order valence-electron chi connectivity index (χ1n) is 9.99. The van der Waals surface area contributed by atoms with Crippen molar-refractivity contribution in [1.82, 2.24) is 14.9 Å². The molecule has 0 bridgehead atoms. The Hall–Kier alpha value is -2.91. The van der Waals surface area contributed by atoms with E-state index in [0.29, 0.717) is 16.8 Å². The van der Waals surface area contributed by atoms with Crippen LogP contribution in [0.2, 0.25) is 0 Å².